The van der Waals surface area contributed by atoms with Gasteiger partial charge in [-0.25, -0.2) is 4.39 Å². The minimum absolute atomic E-state index is 0.264. The maximum Gasteiger partial charge on any atom is 0.274 e. The molecule has 0 unspecified atom stereocenters. The van der Waals surface area contributed by atoms with Gasteiger partial charge in [-0.1, -0.05) is 28.1 Å². The number of H-pyrrole nitrogens is 1. The lowest BCUT2D eigenvalue weighted by atomic mass is 10.1. The molecule has 0 fully saturated rings. The number of rotatable bonds is 4. The van der Waals surface area contributed by atoms with Gasteiger partial charge in [0.1, 0.15) is 11.5 Å². The molecule has 1 heterocycles. The molecule has 116 valence electrons. The molecule has 0 radical (unpaired) electrons. The van der Waals surface area contributed by atoms with Gasteiger partial charge in [-0.2, -0.15) is 0 Å². The van der Waals surface area contributed by atoms with E-state index in [1.807, 2.05) is 24.3 Å². The van der Waals surface area contributed by atoms with E-state index in [-0.39, 0.29) is 23.0 Å². The highest BCUT2D eigenvalue weighted by Gasteiger charge is 2.06. The molecule has 2 N–H and O–H groups in total. The van der Waals surface area contributed by atoms with Crippen molar-refractivity contribution in [3.63, 3.8) is 0 Å². The summed E-state index contributed by atoms with van der Waals surface area (Å²) in [5, 5.41) is 10.9. The second-order valence-electron chi connectivity index (χ2n) is 4.88. The molecule has 0 aliphatic carbocycles. The maximum absolute atomic E-state index is 12.9. The third kappa shape index (κ3) is 4.01. The van der Waals surface area contributed by atoms with Crippen molar-refractivity contribution in [3.8, 4) is 0 Å². The topological polar surface area (TPSA) is 70.7 Å². The second-order valence-corrected chi connectivity index (χ2v) is 5.80. The predicted octanol–water partition coefficient (Wildman–Crippen LogP) is 3.40. The van der Waals surface area contributed by atoms with Crippen LogP contribution in [0.15, 0.2) is 57.8 Å². The van der Waals surface area contributed by atoms with Gasteiger partial charge >= 0.3 is 0 Å². The maximum atomic E-state index is 12.9. The van der Waals surface area contributed by atoms with Crippen LogP contribution in [0.1, 0.15) is 11.3 Å². The number of halogens is 2. The number of hydrogen-bond donors (Lipinski definition) is 2. The minimum atomic E-state index is -0.330. The molecule has 0 saturated carbocycles. The van der Waals surface area contributed by atoms with E-state index in [4.69, 9.17) is 0 Å². The quantitative estimate of drug-likeness (QED) is 0.733. The molecule has 0 spiro atoms. The first-order valence-electron chi connectivity index (χ1n) is 6.83. The standard InChI is InChI=1S/C16H12BrFN4O/c17-11-3-7-13(8-4-11)19-16-20-15(23)14(21-22-16)9-10-1-5-12(18)6-2-10/h1-8H,9H2,(H2,19,20,22,23). The molecule has 0 amide bonds. The number of aromatic nitrogens is 3. The number of aromatic amines is 1. The van der Waals surface area contributed by atoms with Crippen molar-refractivity contribution in [3.05, 3.63) is 80.4 Å². The number of benzene rings is 2. The highest BCUT2D eigenvalue weighted by atomic mass is 79.9. The smallest absolute Gasteiger partial charge is 0.274 e. The van der Waals surface area contributed by atoms with Crippen LogP contribution in [-0.2, 0) is 6.42 Å². The zero-order valence-electron chi connectivity index (χ0n) is 11.9. The highest BCUT2D eigenvalue weighted by Crippen LogP contribution is 2.16. The number of anilines is 2. The predicted molar refractivity (Wildman–Crippen MR) is 89.3 cm³/mol. The molecular weight excluding hydrogens is 363 g/mol. The molecule has 7 heteroatoms. The lowest BCUT2D eigenvalue weighted by molar-refractivity contribution is 0.627. The van der Waals surface area contributed by atoms with E-state index in [9.17, 15) is 9.18 Å². The van der Waals surface area contributed by atoms with E-state index in [0.717, 1.165) is 15.7 Å². The lowest BCUT2D eigenvalue weighted by Gasteiger charge is -2.05. The fraction of sp³-hybridized carbons (Fsp3) is 0.0625. The molecule has 0 aliphatic heterocycles. The van der Waals surface area contributed by atoms with E-state index in [2.05, 4.69) is 36.4 Å². The third-order valence-corrected chi connectivity index (χ3v) is 3.69. The van der Waals surface area contributed by atoms with Gasteiger partial charge in [0.05, 0.1) is 0 Å². The Morgan fingerprint density at radius 1 is 1.04 bits per heavy atom. The Morgan fingerprint density at radius 3 is 2.39 bits per heavy atom. The van der Waals surface area contributed by atoms with Crippen LogP contribution in [0, 0.1) is 5.82 Å². The van der Waals surface area contributed by atoms with Gasteiger partial charge in [0, 0.05) is 16.6 Å². The summed E-state index contributed by atoms with van der Waals surface area (Å²) in [6.07, 6.45) is 0.293. The second kappa shape index (κ2) is 6.70. The first-order chi connectivity index (χ1) is 11.1. The Kier molecular flexibility index (Phi) is 4.47. The first kappa shape index (κ1) is 15.4. The van der Waals surface area contributed by atoms with Crippen molar-refractivity contribution in [1.29, 1.82) is 0 Å². The van der Waals surface area contributed by atoms with Gasteiger partial charge in [-0.05, 0) is 42.0 Å². The first-order valence-corrected chi connectivity index (χ1v) is 7.62. The van der Waals surface area contributed by atoms with Gasteiger partial charge in [-0.15, -0.1) is 10.2 Å². The average Bonchev–Trinajstić information content (AvgIpc) is 2.54. The van der Waals surface area contributed by atoms with Crippen LogP contribution in [0.2, 0.25) is 0 Å². The zero-order chi connectivity index (χ0) is 16.2. The van der Waals surface area contributed by atoms with Crippen molar-refractivity contribution in [2.45, 2.75) is 6.42 Å². The Hall–Kier alpha value is -2.54. The SMILES string of the molecule is O=c1[nH]c(Nc2ccc(Br)cc2)nnc1Cc1ccc(F)cc1. The number of nitrogens with one attached hydrogen (secondary N) is 2. The number of nitrogens with zero attached hydrogens (tertiary/aromatic N) is 2. The van der Waals surface area contributed by atoms with Gasteiger partial charge in [0.15, 0.2) is 0 Å². The van der Waals surface area contributed by atoms with Crippen LogP contribution in [-0.4, -0.2) is 15.2 Å². The largest absolute Gasteiger partial charge is 0.324 e. The van der Waals surface area contributed by atoms with Crippen LogP contribution in [0.3, 0.4) is 0 Å². The minimum Gasteiger partial charge on any atom is -0.324 e. The Balaban J connectivity index is 1.76. The summed E-state index contributed by atoms with van der Waals surface area (Å²) in [6, 6.07) is 13.4. The molecule has 1 aromatic heterocycles. The van der Waals surface area contributed by atoms with Crippen LogP contribution in [0.25, 0.3) is 0 Å². The summed E-state index contributed by atoms with van der Waals surface area (Å²) in [4.78, 5) is 14.7. The molecule has 3 aromatic rings. The van der Waals surface area contributed by atoms with Crippen LogP contribution < -0.4 is 10.9 Å². The van der Waals surface area contributed by atoms with Crippen molar-refractivity contribution in [1.82, 2.24) is 15.2 Å². The molecule has 5 nitrogen and oxygen atoms in total. The van der Waals surface area contributed by atoms with E-state index in [1.165, 1.54) is 12.1 Å². The van der Waals surface area contributed by atoms with Gasteiger partial charge in [-0.3, -0.25) is 9.78 Å². The monoisotopic (exact) mass is 374 g/mol. The Labute approximate surface area is 139 Å². The molecule has 0 bridgehead atoms. The average molecular weight is 375 g/mol. The Bertz CT molecular complexity index is 862. The summed E-state index contributed by atoms with van der Waals surface area (Å²) in [5.74, 6) is -0.0528. The summed E-state index contributed by atoms with van der Waals surface area (Å²) in [7, 11) is 0. The fourth-order valence-corrected chi connectivity index (χ4v) is 2.26. The summed E-state index contributed by atoms with van der Waals surface area (Å²) in [6.45, 7) is 0. The fourth-order valence-electron chi connectivity index (χ4n) is 2.00. The summed E-state index contributed by atoms with van der Waals surface area (Å²) >= 11 is 3.35. The van der Waals surface area contributed by atoms with E-state index in [1.54, 1.807) is 12.1 Å². The van der Waals surface area contributed by atoms with Crippen molar-refractivity contribution in [2.75, 3.05) is 5.32 Å². The molecule has 23 heavy (non-hydrogen) atoms. The van der Waals surface area contributed by atoms with Crippen molar-refractivity contribution < 1.29 is 4.39 Å². The highest BCUT2D eigenvalue weighted by molar-refractivity contribution is 9.10. The molecule has 2 aromatic carbocycles. The molecular formula is C16H12BrFN4O. The Morgan fingerprint density at radius 2 is 1.74 bits per heavy atom. The molecule has 3 rings (SSSR count). The lowest BCUT2D eigenvalue weighted by Crippen LogP contribution is -2.18. The van der Waals surface area contributed by atoms with E-state index >= 15 is 0 Å². The van der Waals surface area contributed by atoms with Crippen LogP contribution in [0.5, 0.6) is 0 Å². The molecule has 0 saturated heterocycles. The third-order valence-electron chi connectivity index (χ3n) is 3.16. The van der Waals surface area contributed by atoms with Crippen LogP contribution >= 0.6 is 15.9 Å². The van der Waals surface area contributed by atoms with E-state index < -0.39 is 0 Å². The van der Waals surface area contributed by atoms with Gasteiger partial charge in [0.2, 0.25) is 5.95 Å². The molecule has 0 atom stereocenters. The normalized spacial score (nSPS) is 10.5. The van der Waals surface area contributed by atoms with Crippen molar-refractivity contribution >= 4 is 27.6 Å². The zero-order valence-corrected chi connectivity index (χ0v) is 13.5. The van der Waals surface area contributed by atoms with Crippen molar-refractivity contribution in [2.24, 2.45) is 0 Å². The molecule has 0 aliphatic rings. The van der Waals surface area contributed by atoms with Gasteiger partial charge in [0.25, 0.3) is 5.56 Å². The summed E-state index contributed by atoms with van der Waals surface area (Å²) < 4.78 is 13.8. The van der Waals surface area contributed by atoms with Crippen LogP contribution in [0.4, 0.5) is 16.0 Å². The summed E-state index contributed by atoms with van der Waals surface area (Å²) in [5.41, 5.74) is 1.52. The number of hydrogen-bond acceptors (Lipinski definition) is 4. The van der Waals surface area contributed by atoms with Gasteiger partial charge < -0.3 is 5.32 Å². The van der Waals surface area contributed by atoms with E-state index in [0.29, 0.717) is 6.42 Å².